The summed E-state index contributed by atoms with van der Waals surface area (Å²) in [6, 6.07) is 13.9. The number of carbonyl (C=O) groups is 2. The molecule has 3 rings (SSSR count). The molecule has 0 atom stereocenters. The van der Waals surface area contributed by atoms with Gasteiger partial charge in [-0.15, -0.1) is 0 Å². The Labute approximate surface area is 146 Å². The number of amides is 2. The summed E-state index contributed by atoms with van der Waals surface area (Å²) in [5, 5.41) is 0. The molecular weight excluding hydrogens is 319 g/mol. The van der Waals surface area contributed by atoms with Gasteiger partial charge in [0.25, 0.3) is 0 Å². The van der Waals surface area contributed by atoms with E-state index in [1.165, 1.54) is 11.0 Å². The summed E-state index contributed by atoms with van der Waals surface area (Å²) >= 11 is 0. The van der Waals surface area contributed by atoms with Crippen molar-refractivity contribution in [1.82, 2.24) is 0 Å². The van der Waals surface area contributed by atoms with Gasteiger partial charge in [0.2, 0.25) is 11.8 Å². The number of fused-ring (bicyclic) bond motifs is 1. The van der Waals surface area contributed by atoms with Crippen LogP contribution in [0.15, 0.2) is 48.5 Å². The van der Waals surface area contributed by atoms with Gasteiger partial charge in [0.05, 0.1) is 11.4 Å². The average Bonchev–Trinajstić information content (AvgIpc) is 2.59. The first-order valence-corrected chi connectivity index (χ1v) is 8.44. The van der Waals surface area contributed by atoms with Crippen molar-refractivity contribution in [3.05, 3.63) is 59.9 Å². The first kappa shape index (κ1) is 17.1. The highest BCUT2D eigenvalue weighted by Crippen LogP contribution is 2.35. The molecule has 1 aliphatic heterocycles. The molecule has 0 aliphatic carbocycles. The summed E-state index contributed by atoms with van der Waals surface area (Å²) in [6.45, 7) is 3.92. The number of nitrogens with zero attached hydrogens (tertiary/aromatic N) is 2. The molecule has 1 heterocycles. The molecule has 2 aromatic rings. The van der Waals surface area contributed by atoms with Gasteiger partial charge in [0, 0.05) is 12.5 Å². The van der Waals surface area contributed by atoms with Crippen LogP contribution in [0.25, 0.3) is 0 Å². The van der Waals surface area contributed by atoms with Crippen LogP contribution >= 0.6 is 0 Å². The van der Waals surface area contributed by atoms with Gasteiger partial charge < -0.3 is 9.80 Å². The number of benzene rings is 2. The minimum absolute atomic E-state index is 0.0179. The molecule has 0 N–H and O–H groups in total. The summed E-state index contributed by atoms with van der Waals surface area (Å²) in [5.74, 6) is -0.586. The molecule has 0 bridgehead atoms. The lowest BCUT2D eigenvalue weighted by Crippen LogP contribution is -2.50. The summed E-state index contributed by atoms with van der Waals surface area (Å²) in [5.41, 5.74) is 1.98. The summed E-state index contributed by atoms with van der Waals surface area (Å²) < 4.78 is 13.7. The van der Waals surface area contributed by atoms with Crippen molar-refractivity contribution in [1.29, 1.82) is 0 Å². The maximum absolute atomic E-state index is 13.7. The first-order chi connectivity index (χ1) is 12.0. The van der Waals surface area contributed by atoms with E-state index in [2.05, 4.69) is 0 Å². The molecule has 2 amide bonds. The van der Waals surface area contributed by atoms with Crippen molar-refractivity contribution in [2.45, 2.75) is 32.7 Å². The molecule has 0 radical (unpaired) electrons. The summed E-state index contributed by atoms with van der Waals surface area (Å²) in [6.07, 6.45) is 0.469. The smallest absolute Gasteiger partial charge is 0.247 e. The van der Waals surface area contributed by atoms with Crippen LogP contribution < -0.4 is 9.80 Å². The largest absolute Gasteiger partial charge is 0.306 e. The second-order valence-corrected chi connectivity index (χ2v) is 6.42. The highest BCUT2D eigenvalue weighted by Gasteiger charge is 2.33. The lowest BCUT2D eigenvalue weighted by atomic mass is 10.1. The molecule has 2 aromatic carbocycles. The Morgan fingerprint density at radius 1 is 1.08 bits per heavy atom. The van der Waals surface area contributed by atoms with Gasteiger partial charge in [-0.3, -0.25) is 9.59 Å². The fourth-order valence-electron chi connectivity index (χ4n) is 3.19. The minimum atomic E-state index is -0.309. The van der Waals surface area contributed by atoms with Crippen molar-refractivity contribution in [3.63, 3.8) is 0 Å². The van der Waals surface area contributed by atoms with Crippen molar-refractivity contribution < 1.29 is 14.0 Å². The molecule has 0 unspecified atom stereocenters. The van der Waals surface area contributed by atoms with Gasteiger partial charge in [-0.25, -0.2) is 4.39 Å². The molecule has 1 aliphatic rings. The molecule has 5 heteroatoms. The Kier molecular flexibility index (Phi) is 4.83. The SMILES string of the molecule is CC(C)N1C(=O)CN(C(=O)CCc2ccccc2F)c2ccccc21. The van der Waals surface area contributed by atoms with Crippen LogP contribution in [0.2, 0.25) is 0 Å². The minimum Gasteiger partial charge on any atom is -0.306 e. The maximum Gasteiger partial charge on any atom is 0.247 e. The number of rotatable bonds is 4. The van der Waals surface area contributed by atoms with Crippen LogP contribution in [-0.2, 0) is 16.0 Å². The van der Waals surface area contributed by atoms with E-state index in [1.807, 2.05) is 38.1 Å². The molecule has 25 heavy (non-hydrogen) atoms. The van der Waals surface area contributed by atoms with Gasteiger partial charge in [-0.05, 0) is 44.0 Å². The first-order valence-electron chi connectivity index (χ1n) is 8.44. The van der Waals surface area contributed by atoms with Gasteiger partial charge in [-0.1, -0.05) is 30.3 Å². The molecule has 0 fully saturated rings. The van der Waals surface area contributed by atoms with Crippen LogP contribution in [0.5, 0.6) is 0 Å². The lowest BCUT2D eigenvalue weighted by molar-refractivity contribution is -0.123. The second kappa shape index (κ2) is 7.05. The van der Waals surface area contributed by atoms with Gasteiger partial charge in [-0.2, -0.15) is 0 Å². The highest BCUT2D eigenvalue weighted by molar-refractivity contribution is 6.11. The quantitative estimate of drug-likeness (QED) is 0.854. The zero-order chi connectivity index (χ0) is 18.0. The zero-order valence-electron chi connectivity index (χ0n) is 14.4. The van der Waals surface area contributed by atoms with Crippen LogP contribution in [0.4, 0.5) is 15.8 Å². The molecule has 0 aromatic heterocycles. The summed E-state index contributed by atoms with van der Waals surface area (Å²) in [7, 11) is 0. The molecule has 0 saturated heterocycles. The van der Waals surface area contributed by atoms with Crippen LogP contribution in [-0.4, -0.2) is 24.4 Å². The number of aryl methyl sites for hydroxylation is 1. The van der Waals surface area contributed by atoms with E-state index in [0.29, 0.717) is 12.0 Å². The Hall–Kier alpha value is -2.69. The summed E-state index contributed by atoms with van der Waals surface area (Å²) in [4.78, 5) is 28.4. The van der Waals surface area contributed by atoms with E-state index >= 15 is 0 Å². The predicted molar refractivity (Wildman–Crippen MR) is 96.1 cm³/mol. The molecule has 0 saturated carbocycles. The van der Waals surface area contributed by atoms with Crippen molar-refractivity contribution in [2.75, 3.05) is 16.3 Å². The molecule has 0 spiro atoms. The van der Waals surface area contributed by atoms with Gasteiger partial charge >= 0.3 is 0 Å². The zero-order valence-corrected chi connectivity index (χ0v) is 14.4. The van der Waals surface area contributed by atoms with E-state index < -0.39 is 0 Å². The van der Waals surface area contributed by atoms with Gasteiger partial charge in [0.15, 0.2) is 0 Å². The van der Waals surface area contributed by atoms with Crippen molar-refractivity contribution in [2.24, 2.45) is 0 Å². The van der Waals surface area contributed by atoms with E-state index in [-0.39, 0.29) is 36.6 Å². The van der Waals surface area contributed by atoms with Crippen LogP contribution in [0.1, 0.15) is 25.8 Å². The second-order valence-electron chi connectivity index (χ2n) is 6.42. The van der Waals surface area contributed by atoms with Crippen LogP contribution in [0, 0.1) is 5.82 Å². The van der Waals surface area contributed by atoms with Gasteiger partial charge in [0.1, 0.15) is 12.4 Å². The van der Waals surface area contributed by atoms with E-state index in [1.54, 1.807) is 23.1 Å². The fraction of sp³-hybridized carbons (Fsp3) is 0.300. The van der Waals surface area contributed by atoms with E-state index in [9.17, 15) is 14.0 Å². The Morgan fingerprint density at radius 2 is 1.72 bits per heavy atom. The Balaban J connectivity index is 1.82. The number of para-hydroxylation sites is 2. The number of anilines is 2. The third-order valence-electron chi connectivity index (χ3n) is 4.38. The Morgan fingerprint density at radius 3 is 2.40 bits per heavy atom. The molecule has 4 nitrogen and oxygen atoms in total. The third kappa shape index (κ3) is 3.40. The number of hydrogen-bond acceptors (Lipinski definition) is 2. The van der Waals surface area contributed by atoms with Crippen molar-refractivity contribution in [3.8, 4) is 0 Å². The number of halogens is 1. The lowest BCUT2D eigenvalue weighted by Gasteiger charge is -2.38. The average molecular weight is 340 g/mol. The maximum atomic E-state index is 13.7. The van der Waals surface area contributed by atoms with Crippen molar-refractivity contribution >= 4 is 23.2 Å². The predicted octanol–water partition coefficient (Wildman–Crippen LogP) is 3.55. The topological polar surface area (TPSA) is 40.6 Å². The standard InChI is InChI=1S/C20H21FN2O2/c1-14(2)23-18-10-6-5-9-17(18)22(13-20(23)25)19(24)12-11-15-7-3-4-8-16(15)21/h3-10,14H,11-13H2,1-2H3. The molecule has 130 valence electrons. The number of carbonyl (C=O) groups excluding carboxylic acids is 2. The number of hydrogen-bond donors (Lipinski definition) is 0. The molecular formula is C20H21FN2O2. The third-order valence-corrected chi connectivity index (χ3v) is 4.38. The Bertz CT molecular complexity index is 804. The van der Waals surface area contributed by atoms with E-state index in [0.717, 1.165) is 11.4 Å². The normalized spacial score (nSPS) is 14.0. The fourth-order valence-corrected chi connectivity index (χ4v) is 3.19. The van der Waals surface area contributed by atoms with E-state index in [4.69, 9.17) is 0 Å². The highest BCUT2D eigenvalue weighted by atomic mass is 19.1. The van der Waals surface area contributed by atoms with Crippen LogP contribution in [0.3, 0.4) is 0 Å². The monoisotopic (exact) mass is 340 g/mol.